The Balaban J connectivity index is 2.15. The lowest BCUT2D eigenvalue weighted by molar-refractivity contribution is 0.101. The van der Waals surface area contributed by atoms with Gasteiger partial charge < -0.3 is 5.32 Å². The summed E-state index contributed by atoms with van der Waals surface area (Å²) >= 11 is 5.49. The van der Waals surface area contributed by atoms with Gasteiger partial charge in [-0.05, 0) is 23.4 Å². The van der Waals surface area contributed by atoms with Crippen molar-refractivity contribution in [2.45, 2.75) is 0 Å². The molecule has 1 aromatic heterocycles. The first-order valence-corrected chi connectivity index (χ1v) is 4.54. The molecule has 0 fully saturated rings. The van der Waals surface area contributed by atoms with E-state index in [1.165, 1.54) is 12.1 Å². The van der Waals surface area contributed by atoms with Gasteiger partial charge in [0, 0.05) is 5.69 Å². The van der Waals surface area contributed by atoms with Crippen LogP contribution in [0.15, 0.2) is 18.2 Å². The molecule has 0 aliphatic heterocycles. The van der Waals surface area contributed by atoms with E-state index in [1.54, 1.807) is 0 Å². The Bertz CT molecular complexity index is 515. The number of carbonyl (C=O) groups is 1. The molecule has 0 aliphatic rings. The van der Waals surface area contributed by atoms with Gasteiger partial charge in [-0.25, -0.2) is 4.39 Å². The molecule has 0 spiro atoms. The zero-order valence-corrected chi connectivity index (χ0v) is 8.49. The summed E-state index contributed by atoms with van der Waals surface area (Å²) in [6.45, 7) is 0. The number of amides is 1. The van der Waals surface area contributed by atoms with E-state index in [2.05, 4.69) is 25.9 Å². The molecule has 2 aromatic rings. The van der Waals surface area contributed by atoms with Crippen LogP contribution in [0.3, 0.4) is 0 Å². The third-order valence-electron chi connectivity index (χ3n) is 1.73. The highest BCUT2D eigenvalue weighted by Crippen LogP contribution is 2.18. The molecule has 0 unspecified atom stereocenters. The second kappa shape index (κ2) is 4.23. The van der Waals surface area contributed by atoms with Crippen molar-refractivity contribution in [1.29, 1.82) is 0 Å². The smallest absolute Gasteiger partial charge is 0.297 e. The second-order valence-corrected chi connectivity index (χ2v) is 3.23. The van der Waals surface area contributed by atoms with Crippen molar-refractivity contribution in [3.63, 3.8) is 0 Å². The van der Waals surface area contributed by atoms with Gasteiger partial charge in [0.15, 0.2) is 0 Å². The minimum Gasteiger partial charge on any atom is -0.319 e. The number of rotatable bonds is 2. The molecule has 1 heterocycles. The summed E-state index contributed by atoms with van der Waals surface area (Å²) in [7, 11) is 0. The number of carbonyl (C=O) groups excluding carboxylic acids is 1. The summed E-state index contributed by atoms with van der Waals surface area (Å²) in [4.78, 5) is 11.4. The number of nitrogens with one attached hydrogen (secondary N) is 2. The Morgan fingerprint density at radius 2 is 2.31 bits per heavy atom. The average molecular weight is 242 g/mol. The number of hydrogen-bond donors (Lipinski definition) is 2. The van der Waals surface area contributed by atoms with Gasteiger partial charge >= 0.3 is 0 Å². The Morgan fingerprint density at radius 3 is 2.94 bits per heavy atom. The van der Waals surface area contributed by atoms with E-state index in [-0.39, 0.29) is 16.5 Å². The van der Waals surface area contributed by atoms with Gasteiger partial charge in [0.1, 0.15) is 5.82 Å². The van der Waals surface area contributed by atoms with Crippen LogP contribution in [-0.2, 0) is 0 Å². The number of aromatic nitrogens is 4. The summed E-state index contributed by atoms with van der Waals surface area (Å²) in [5.74, 6) is -1.33. The summed E-state index contributed by atoms with van der Waals surface area (Å²) in [6, 6.07) is 3.90. The van der Waals surface area contributed by atoms with Crippen LogP contribution in [0.5, 0.6) is 0 Å². The van der Waals surface area contributed by atoms with Crippen LogP contribution in [0.1, 0.15) is 10.6 Å². The number of halogens is 2. The number of tetrazole rings is 1. The normalized spacial score (nSPS) is 10.1. The fourth-order valence-electron chi connectivity index (χ4n) is 1.02. The van der Waals surface area contributed by atoms with Crippen molar-refractivity contribution in [2.24, 2.45) is 0 Å². The first-order chi connectivity index (χ1) is 7.66. The molecule has 1 amide bonds. The Hall–Kier alpha value is -2.02. The number of hydrogen-bond acceptors (Lipinski definition) is 4. The minimum atomic E-state index is -0.618. The molecule has 2 rings (SSSR count). The van der Waals surface area contributed by atoms with Crippen molar-refractivity contribution in [1.82, 2.24) is 20.6 Å². The molecule has 0 aliphatic carbocycles. The van der Waals surface area contributed by atoms with E-state index in [9.17, 15) is 9.18 Å². The lowest BCUT2D eigenvalue weighted by atomic mass is 10.3. The number of anilines is 1. The topological polar surface area (TPSA) is 83.6 Å². The Kier molecular flexibility index (Phi) is 2.78. The molecule has 6 nitrogen and oxygen atoms in total. The first kappa shape index (κ1) is 10.5. The van der Waals surface area contributed by atoms with Crippen LogP contribution in [0.2, 0.25) is 5.02 Å². The molecule has 1 aromatic carbocycles. The van der Waals surface area contributed by atoms with E-state index in [4.69, 9.17) is 11.6 Å². The van der Waals surface area contributed by atoms with Crippen LogP contribution in [-0.4, -0.2) is 26.5 Å². The first-order valence-electron chi connectivity index (χ1n) is 4.16. The minimum absolute atomic E-state index is 0.0161. The summed E-state index contributed by atoms with van der Waals surface area (Å²) in [5.41, 5.74) is 0.261. The van der Waals surface area contributed by atoms with E-state index in [0.29, 0.717) is 0 Å². The molecule has 0 atom stereocenters. The molecule has 2 N–H and O–H groups in total. The molecule has 16 heavy (non-hydrogen) atoms. The van der Waals surface area contributed by atoms with E-state index < -0.39 is 11.7 Å². The van der Waals surface area contributed by atoms with Crippen molar-refractivity contribution in [3.05, 3.63) is 34.9 Å². The molecular formula is C8H5ClFN5O. The predicted octanol–water partition coefficient (Wildman–Crippen LogP) is 1.24. The molecule has 0 saturated carbocycles. The number of aromatic amines is 1. The summed E-state index contributed by atoms with van der Waals surface area (Å²) in [5, 5.41) is 14.7. The van der Waals surface area contributed by atoms with Crippen LogP contribution < -0.4 is 5.32 Å². The van der Waals surface area contributed by atoms with Gasteiger partial charge in [-0.15, -0.1) is 10.2 Å². The SMILES string of the molecule is O=C(Nc1ccc(Cl)c(F)c1)c1nn[nH]n1. The number of nitrogens with zero attached hydrogens (tertiary/aromatic N) is 3. The molecular weight excluding hydrogens is 237 g/mol. The summed E-state index contributed by atoms with van der Waals surface area (Å²) < 4.78 is 13.0. The van der Waals surface area contributed by atoms with Crippen LogP contribution >= 0.6 is 11.6 Å². The van der Waals surface area contributed by atoms with Crippen LogP contribution in [0, 0.1) is 5.82 Å². The number of H-pyrrole nitrogens is 1. The average Bonchev–Trinajstić information content (AvgIpc) is 2.77. The van der Waals surface area contributed by atoms with Crippen LogP contribution in [0.25, 0.3) is 0 Å². The number of benzene rings is 1. The summed E-state index contributed by atoms with van der Waals surface area (Å²) in [6.07, 6.45) is 0. The fourth-order valence-corrected chi connectivity index (χ4v) is 1.14. The Morgan fingerprint density at radius 1 is 1.50 bits per heavy atom. The fraction of sp³-hybridized carbons (Fsp3) is 0. The lowest BCUT2D eigenvalue weighted by Gasteiger charge is -2.02. The maximum absolute atomic E-state index is 13.0. The third-order valence-corrected chi connectivity index (χ3v) is 2.03. The molecule has 0 saturated heterocycles. The van der Waals surface area contributed by atoms with Gasteiger partial charge in [0.25, 0.3) is 11.7 Å². The van der Waals surface area contributed by atoms with E-state index in [0.717, 1.165) is 6.07 Å². The second-order valence-electron chi connectivity index (χ2n) is 2.82. The highest BCUT2D eigenvalue weighted by atomic mass is 35.5. The molecule has 8 heteroatoms. The van der Waals surface area contributed by atoms with Gasteiger partial charge in [-0.3, -0.25) is 4.79 Å². The maximum Gasteiger partial charge on any atom is 0.297 e. The Labute approximate surface area is 93.8 Å². The molecule has 0 radical (unpaired) electrons. The van der Waals surface area contributed by atoms with E-state index in [1.807, 2.05) is 0 Å². The monoisotopic (exact) mass is 241 g/mol. The molecule has 82 valence electrons. The zero-order valence-electron chi connectivity index (χ0n) is 7.74. The van der Waals surface area contributed by atoms with Crippen molar-refractivity contribution in [3.8, 4) is 0 Å². The lowest BCUT2D eigenvalue weighted by Crippen LogP contribution is -2.13. The van der Waals surface area contributed by atoms with Crippen molar-refractivity contribution in [2.75, 3.05) is 5.32 Å². The van der Waals surface area contributed by atoms with Crippen LogP contribution in [0.4, 0.5) is 10.1 Å². The highest BCUT2D eigenvalue weighted by molar-refractivity contribution is 6.30. The quantitative estimate of drug-likeness (QED) is 0.829. The third kappa shape index (κ3) is 2.14. The van der Waals surface area contributed by atoms with Gasteiger partial charge in [-0.1, -0.05) is 11.6 Å². The van der Waals surface area contributed by atoms with Gasteiger partial charge in [0.2, 0.25) is 0 Å². The van der Waals surface area contributed by atoms with Gasteiger partial charge in [0.05, 0.1) is 5.02 Å². The van der Waals surface area contributed by atoms with E-state index >= 15 is 0 Å². The zero-order chi connectivity index (χ0) is 11.5. The van der Waals surface area contributed by atoms with Crippen molar-refractivity contribution < 1.29 is 9.18 Å². The van der Waals surface area contributed by atoms with Gasteiger partial charge in [-0.2, -0.15) is 5.21 Å². The standard InChI is InChI=1S/C8H5ClFN5O/c9-5-2-1-4(3-6(5)10)11-8(16)7-12-14-15-13-7/h1-3H,(H,11,16)(H,12,13,14,15). The largest absolute Gasteiger partial charge is 0.319 e. The predicted molar refractivity (Wildman–Crippen MR) is 53.5 cm³/mol. The highest BCUT2D eigenvalue weighted by Gasteiger charge is 2.11. The molecule has 0 bridgehead atoms. The van der Waals surface area contributed by atoms with Crippen molar-refractivity contribution >= 4 is 23.2 Å². The maximum atomic E-state index is 13.0.